The van der Waals surface area contributed by atoms with Crippen LogP contribution in [0.4, 0.5) is 5.69 Å². The Kier molecular flexibility index (Phi) is 2.71. The van der Waals surface area contributed by atoms with Gasteiger partial charge in [0.15, 0.2) is 0 Å². The molecule has 0 spiro atoms. The number of hydrogen-bond acceptors (Lipinski definition) is 3. The summed E-state index contributed by atoms with van der Waals surface area (Å²) in [7, 11) is 0. The van der Waals surface area contributed by atoms with Gasteiger partial charge in [0.05, 0.1) is 9.95 Å². The zero-order chi connectivity index (χ0) is 10.0. The number of nitro benzene ring substituents is 1. The van der Waals surface area contributed by atoms with Crippen molar-refractivity contribution in [3.05, 3.63) is 37.9 Å². The molecule has 1 aromatic rings. The quantitative estimate of drug-likeness (QED) is 0.536. The molecule has 1 rings (SSSR count). The van der Waals surface area contributed by atoms with Crippen molar-refractivity contribution in [2.45, 2.75) is 0 Å². The molecule has 4 nitrogen and oxygen atoms in total. The summed E-state index contributed by atoms with van der Waals surface area (Å²) >= 11 is 11.1. The number of nitriles is 1. The molecule has 6 heteroatoms. The second kappa shape index (κ2) is 3.60. The summed E-state index contributed by atoms with van der Waals surface area (Å²) in [5, 5.41) is 18.9. The lowest BCUT2D eigenvalue weighted by Gasteiger charge is -1.98. The Balaban J connectivity index is 3.53. The molecule has 0 aliphatic heterocycles. The van der Waals surface area contributed by atoms with Gasteiger partial charge in [0.2, 0.25) is 0 Å². The zero-order valence-corrected chi connectivity index (χ0v) is 7.63. The van der Waals surface area contributed by atoms with Crippen LogP contribution >= 0.6 is 23.2 Å². The SMILES string of the molecule is N#Cc1ccc(Cl)c(Cl)c1[N+](=O)[O-]. The largest absolute Gasteiger partial charge is 0.307 e. The topological polar surface area (TPSA) is 66.9 Å². The maximum Gasteiger partial charge on any atom is 0.307 e. The molecule has 0 heterocycles. The first kappa shape index (κ1) is 9.78. The van der Waals surface area contributed by atoms with E-state index in [-0.39, 0.29) is 15.6 Å². The van der Waals surface area contributed by atoms with Crippen molar-refractivity contribution in [2.75, 3.05) is 0 Å². The van der Waals surface area contributed by atoms with Crippen molar-refractivity contribution in [3.63, 3.8) is 0 Å². The van der Waals surface area contributed by atoms with Crippen LogP contribution in [-0.4, -0.2) is 4.92 Å². The van der Waals surface area contributed by atoms with Crippen LogP contribution in [0.15, 0.2) is 12.1 Å². The summed E-state index contributed by atoms with van der Waals surface area (Å²) < 4.78 is 0. The van der Waals surface area contributed by atoms with E-state index < -0.39 is 10.6 Å². The number of nitrogens with zero attached hydrogens (tertiary/aromatic N) is 2. The normalized spacial score (nSPS) is 9.31. The predicted octanol–water partition coefficient (Wildman–Crippen LogP) is 2.77. The molecule has 0 aliphatic carbocycles. The molecule has 0 radical (unpaired) electrons. The van der Waals surface area contributed by atoms with Crippen LogP contribution in [0.25, 0.3) is 0 Å². The molecule has 0 atom stereocenters. The Labute approximate surface area is 83.4 Å². The molecule has 0 fully saturated rings. The Morgan fingerprint density at radius 3 is 2.54 bits per heavy atom. The summed E-state index contributed by atoms with van der Waals surface area (Å²) in [5.74, 6) is 0. The van der Waals surface area contributed by atoms with Crippen molar-refractivity contribution in [1.29, 1.82) is 5.26 Å². The highest BCUT2D eigenvalue weighted by Crippen LogP contribution is 2.34. The third-order valence-corrected chi connectivity index (χ3v) is 2.17. The molecule has 0 N–H and O–H groups in total. The number of halogens is 2. The minimum atomic E-state index is -0.729. The average molecular weight is 217 g/mol. The number of rotatable bonds is 1. The van der Waals surface area contributed by atoms with E-state index in [1.54, 1.807) is 6.07 Å². The molecule has 0 saturated heterocycles. The average Bonchev–Trinajstić information content (AvgIpc) is 2.08. The Morgan fingerprint density at radius 2 is 2.08 bits per heavy atom. The van der Waals surface area contributed by atoms with E-state index in [0.717, 1.165) is 0 Å². The highest BCUT2D eigenvalue weighted by atomic mass is 35.5. The van der Waals surface area contributed by atoms with Gasteiger partial charge in [0.25, 0.3) is 0 Å². The molecule has 13 heavy (non-hydrogen) atoms. The van der Waals surface area contributed by atoms with Crippen molar-refractivity contribution in [2.24, 2.45) is 0 Å². The summed E-state index contributed by atoms with van der Waals surface area (Å²) in [4.78, 5) is 9.74. The van der Waals surface area contributed by atoms with E-state index in [9.17, 15) is 10.1 Å². The smallest absolute Gasteiger partial charge is 0.258 e. The van der Waals surface area contributed by atoms with Gasteiger partial charge in [-0.1, -0.05) is 23.2 Å². The number of nitro groups is 1. The van der Waals surface area contributed by atoms with E-state index in [2.05, 4.69) is 0 Å². The standard InChI is InChI=1S/C7H2Cl2N2O2/c8-5-2-1-4(3-10)7(6(5)9)11(12)13/h1-2H. The second-order valence-corrected chi connectivity index (χ2v) is 2.91. The van der Waals surface area contributed by atoms with Gasteiger partial charge in [0, 0.05) is 0 Å². The van der Waals surface area contributed by atoms with Gasteiger partial charge in [-0.05, 0) is 12.1 Å². The fourth-order valence-corrected chi connectivity index (χ4v) is 1.19. The molecule has 0 bridgehead atoms. The van der Waals surface area contributed by atoms with Crippen molar-refractivity contribution in [3.8, 4) is 6.07 Å². The molecule has 0 aromatic heterocycles. The molecule has 0 amide bonds. The van der Waals surface area contributed by atoms with Gasteiger partial charge in [-0.25, -0.2) is 0 Å². The van der Waals surface area contributed by atoms with E-state index in [1.807, 2.05) is 0 Å². The van der Waals surface area contributed by atoms with Crippen LogP contribution in [0.1, 0.15) is 5.56 Å². The Hall–Kier alpha value is -1.31. The van der Waals surface area contributed by atoms with E-state index in [0.29, 0.717) is 0 Å². The van der Waals surface area contributed by atoms with Gasteiger partial charge in [0.1, 0.15) is 16.7 Å². The number of benzene rings is 1. The Morgan fingerprint density at radius 1 is 1.46 bits per heavy atom. The molecule has 0 saturated carbocycles. The first-order valence-electron chi connectivity index (χ1n) is 3.10. The lowest BCUT2D eigenvalue weighted by Crippen LogP contribution is -1.93. The van der Waals surface area contributed by atoms with Crippen LogP contribution < -0.4 is 0 Å². The van der Waals surface area contributed by atoms with Crippen molar-refractivity contribution < 1.29 is 4.92 Å². The molecule has 66 valence electrons. The molecular weight excluding hydrogens is 215 g/mol. The van der Waals surface area contributed by atoms with Gasteiger partial charge >= 0.3 is 5.69 Å². The third kappa shape index (κ3) is 1.72. The third-order valence-electron chi connectivity index (χ3n) is 1.37. The fraction of sp³-hybridized carbons (Fsp3) is 0. The first-order valence-corrected chi connectivity index (χ1v) is 3.86. The highest BCUT2D eigenvalue weighted by Gasteiger charge is 2.20. The van der Waals surface area contributed by atoms with E-state index in [4.69, 9.17) is 28.5 Å². The lowest BCUT2D eigenvalue weighted by molar-refractivity contribution is -0.385. The van der Waals surface area contributed by atoms with Crippen LogP contribution in [0.2, 0.25) is 10.0 Å². The Bertz CT molecular complexity index is 412. The van der Waals surface area contributed by atoms with Crippen LogP contribution in [0, 0.1) is 21.4 Å². The molecule has 0 unspecified atom stereocenters. The van der Waals surface area contributed by atoms with Crippen LogP contribution in [-0.2, 0) is 0 Å². The molecular formula is C7H2Cl2N2O2. The van der Waals surface area contributed by atoms with Gasteiger partial charge in [-0.15, -0.1) is 0 Å². The number of hydrogen-bond donors (Lipinski definition) is 0. The maximum atomic E-state index is 10.5. The fourth-order valence-electron chi connectivity index (χ4n) is 0.809. The lowest BCUT2D eigenvalue weighted by atomic mass is 10.2. The van der Waals surface area contributed by atoms with E-state index in [1.165, 1.54) is 12.1 Å². The summed E-state index contributed by atoms with van der Waals surface area (Å²) in [6.07, 6.45) is 0. The maximum absolute atomic E-state index is 10.5. The van der Waals surface area contributed by atoms with Crippen molar-refractivity contribution in [1.82, 2.24) is 0 Å². The first-order chi connectivity index (χ1) is 6.07. The summed E-state index contributed by atoms with van der Waals surface area (Å²) in [5.41, 5.74) is -0.545. The van der Waals surface area contributed by atoms with Crippen LogP contribution in [0.5, 0.6) is 0 Å². The predicted molar refractivity (Wildman–Crippen MR) is 47.8 cm³/mol. The second-order valence-electron chi connectivity index (χ2n) is 2.13. The van der Waals surface area contributed by atoms with Gasteiger partial charge in [-0.2, -0.15) is 5.26 Å². The zero-order valence-electron chi connectivity index (χ0n) is 6.12. The van der Waals surface area contributed by atoms with E-state index >= 15 is 0 Å². The van der Waals surface area contributed by atoms with Gasteiger partial charge in [-0.3, -0.25) is 10.1 Å². The molecule has 0 aliphatic rings. The van der Waals surface area contributed by atoms with Crippen molar-refractivity contribution >= 4 is 28.9 Å². The minimum absolute atomic E-state index is 0.0624. The summed E-state index contributed by atoms with van der Waals surface area (Å²) in [6, 6.07) is 4.26. The molecule has 1 aromatic carbocycles. The minimum Gasteiger partial charge on any atom is -0.258 e. The monoisotopic (exact) mass is 216 g/mol. The highest BCUT2D eigenvalue weighted by molar-refractivity contribution is 6.43. The van der Waals surface area contributed by atoms with Crippen LogP contribution in [0.3, 0.4) is 0 Å². The van der Waals surface area contributed by atoms with Gasteiger partial charge < -0.3 is 0 Å². The summed E-state index contributed by atoms with van der Waals surface area (Å²) in [6.45, 7) is 0.